The normalized spacial score (nSPS) is 20.2. The summed E-state index contributed by atoms with van der Waals surface area (Å²) in [6, 6.07) is 0. The van der Waals surface area contributed by atoms with Crippen molar-refractivity contribution in [3.8, 4) is 0 Å². The number of hydrogen-bond acceptors (Lipinski definition) is 11. The van der Waals surface area contributed by atoms with E-state index >= 15 is 0 Å². The molecule has 152 valence electrons. The SMILES string of the molecule is CC(=O)C(=O)[C@@](O)(C(C)=O)[C@](O)(C(C)=O)[C@@](O)(C(C)=O)[C@H](O)C(O)C(C)=O. The van der Waals surface area contributed by atoms with Gasteiger partial charge >= 0.3 is 0 Å². The largest absolute Gasteiger partial charge is 0.386 e. The lowest BCUT2D eigenvalue weighted by Gasteiger charge is -2.49. The van der Waals surface area contributed by atoms with Crippen molar-refractivity contribution in [1.82, 2.24) is 0 Å². The number of hydrogen-bond donors (Lipinski definition) is 5. The van der Waals surface area contributed by atoms with Crippen molar-refractivity contribution in [2.75, 3.05) is 0 Å². The van der Waals surface area contributed by atoms with Gasteiger partial charge in [0, 0.05) is 6.92 Å². The van der Waals surface area contributed by atoms with Crippen molar-refractivity contribution in [1.29, 1.82) is 0 Å². The lowest BCUT2D eigenvalue weighted by molar-refractivity contribution is -0.250. The molecule has 0 aromatic heterocycles. The zero-order valence-corrected chi connectivity index (χ0v) is 15.3. The van der Waals surface area contributed by atoms with Gasteiger partial charge in [0.05, 0.1) is 0 Å². The van der Waals surface area contributed by atoms with Crippen LogP contribution in [0.3, 0.4) is 0 Å². The topological polar surface area (TPSA) is 204 Å². The van der Waals surface area contributed by atoms with Crippen molar-refractivity contribution >= 4 is 34.7 Å². The third-order valence-electron chi connectivity index (χ3n) is 4.42. The summed E-state index contributed by atoms with van der Waals surface area (Å²) in [7, 11) is 0. The van der Waals surface area contributed by atoms with Crippen LogP contribution in [-0.4, -0.2) is 89.2 Å². The predicted molar refractivity (Wildman–Crippen MR) is 85.3 cm³/mol. The Morgan fingerprint density at radius 1 is 0.704 bits per heavy atom. The second-order valence-electron chi connectivity index (χ2n) is 6.24. The Labute approximate surface area is 153 Å². The monoisotopic (exact) mass is 390 g/mol. The van der Waals surface area contributed by atoms with Crippen molar-refractivity contribution < 1.29 is 54.3 Å². The fraction of sp³-hybridized carbons (Fsp3) is 0.625. The molecule has 0 fully saturated rings. The van der Waals surface area contributed by atoms with E-state index in [9.17, 15) is 54.3 Å². The van der Waals surface area contributed by atoms with E-state index in [2.05, 4.69) is 0 Å². The third kappa shape index (κ3) is 3.39. The Kier molecular flexibility index (Phi) is 7.19. The van der Waals surface area contributed by atoms with Gasteiger partial charge in [-0.25, -0.2) is 0 Å². The highest BCUT2D eigenvalue weighted by atomic mass is 16.4. The Balaban J connectivity index is 7.28. The quantitative estimate of drug-likeness (QED) is 0.182. The fourth-order valence-electron chi connectivity index (χ4n) is 2.76. The van der Waals surface area contributed by atoms with Crippen LogP contribution >= 0.6 is 0 Å². The van der Waals surface area contributed by atoms with E-state index in [1.165, 1.54) is 0 Å². The minimum atomic E-state index is -4.11. The molecular formula is C16H22O11. The maximum atomic E-state index is 12.2. The summed E-state index contributed by atoms with van der Waals surface area (Å²) in [5.74, 6) is -10.00. The van der Waals surface area contributed by atoms with Gasteiger partial charge in [0.2, 0.25) is 17.0 Å². The average molecular weight is 390 g/mol. The molecule has 27 heavy (non-hydrogen) atoms. The molecule has 0 aromatic carbocycles. The van der Waals surface area contributed by atoms with Crippen molar-refractivity contribution in [2.45, 2.75) is 63.6 Å². The first kappa shape index (κ1) is 24.8. The number of aliphatic hydroxyl groups is 5. The van der Waals surface area contributed by atoms with Crippen molar-refractivity contribution in [3.63, 3.8) is 0 Å². The van der Waals surface area contributed by atoms with Crippen LogP contribution in [0.2, 0.25) is 0 Å². The molecule has 0 bridgehead atoms. The molecule has 0 spiro atoms. The molecule has 0 radical (unpaired) electrons. The number of rotatable bonds is 10. The smallest absolute Gasteiger partial charge is 0.240 e. The lowest BCUT2D eigenvalue weighted by atomic mass is 9.60. The van der Waals surface area contributed by atoms with Crippen molar-refractivity contribution in [2.24, 2.45) is 0 Å². The number of Topliss-reactive ketones (excluding diaryl/α,β-unsaturated/α-hetero) is 6. The van der Waals surface area contributed by atoms with E-state index in [0.717, 1.165) is 6.92 Å². The molecule has 0 saturated heterocycles. The van der Waals surface area contributed by atoms with Gasteiger partial charge in [-0.05, 0) is 27.7 Å². The minimum absolute atomic E-state index is 0.447. The van der Waals surface area contributed by atoms with Gasteiger partial charge in [0.1, 0.15) is 12.2 Å². The summed E-state index contributed by atoms with van der Waals surface area (Å²) in [4.78, 5) is 71.2. The summed E-state index contributed by atoms with van der Waals surface area (Å²) < 4.78 is 0. The zero-order valence-electron chi connectivity index (χ0n) is 15.3. The van der Waals surface area contributed by atoms with Crippen LogP contribution in [0.5, 0.6) is 0 Å². The Morgan fingerprint density at radius 2 is 1.11 bits per heavy atom. The highest BCUT2D eigenvalue weighted by Gasteiger charge is 2.75. The van der Waals surface area contributed by atoms with Gasteiger partial charge in [0.15, 0.2) is 34.5 Å². The average Bonchev–Trinajstić information content (AvgIpc) is 2.56. The maximum absolute atomic E-state index is 12.2. The van der Waals surface area contributed by atoms with E-state index in [1.807, 2.05) is 0 Å². The Bertz CT molecular complexity index is 711. The molecule has 0 aliphatic carbocycles. The second kappa shape index (κ2) is 7.82. The second-order valence-corrected chi connectivity index (χ2v) is 6.24. The zero-order chi connectivity index (χ0) is 22.1. The minimum Gasteiger partial charge on any atom is -0.386 e. The number of aliphatic hydroxyl groups excluding tert-OH is 2. The van der Waals surface area contributed by atoms with Gasteiger partial charge < -0.3 is 25.5 Å². The van der Waals surface area contributed by atoms with Crippen LogP contribution in [0.1, 0.15) is 34.6 Å². The van der Waals surface area contributed by atoms with Crippen LogP contribution in [0.25, 0.3) is 0 Å². The van der Waals surface area contributed by atoms with Gasteiger partial charge in [0.25, 0.3) is 0 Å². The van der Waals surface area contributed by atoms with E-state index < -0.39 is 63.7 Å². The first-order chi connectivity index (χ1) is 11.9. The molecule has 0 aromatic rings. The van der Waals surface area contributed by atoms with Gasteiger partial charge in [-0.1, -0.05) is 0 Å². The molecule has 0 saturated carbocycles. The highest BCUT2D eigenvalue weighted by Crippen LogP contribution is 2.40. The van der Waals surface area contributed by atoms with Gasteiger partial charge in [-0.15, -0.1) is 0 Å². The first-order valence-corrected chi connectivity index (χ1v) is 7.57. The number of ketones is 6. The van der Waals surface area contributed by atoms with E-state index in [4.69, 9.17) is 0 Å². The molecule has 0 rings (SSSR count). The molecule has 0 amide bonds. The van der Waals surface area contributed by atoms with Crippen LogP contribution in [-0.2, 0) is 28.8 Å². The molecule has 5 atom stereocenters. The molecule has 0 heterocycles. The first-order valence-electron chi connectivity index (χ1n) is 7.57. The standard InChI is InChI=1S/C16H22O11/c1-6(17)11(22)13(24)15(26,9(4)20)16(27,10(5)21)14(25,8(3)19)12(23)7(2)18/h11,13,22,24-27H,1-5H3/t11?,13-,14+,15-,16-/m1/s1. The van der Waals surface area contributed by atoms with Crippen LogP contribution in [0.4, 0.5) is 0 Å². The molecule has 0 aliphatic rings. The molecule has 11 nitrogen and oxygen atoms in total. The van der Waals surface area contributed by atoms with E-state index in [-0.39, 0.29) is 0 Å². The Hall–Kier alpha value is -2.18. The summed E-state index contributed by atoms with van der Waals surface area (Å²) in [5, 5.41) is 52.0. The molecule has 1 unspecified atom stereocenters. The Morgan fingerprint density at radius 3 is 1.33 bits per heavy atom. The van der Waals surface area contributed by atoms with Crippen molar-refractivity contribution in [3.05, 3.63) is 0 Å². The summed E-state index contributed by atoms with van der Waals surface area (Å²) in [6.07, 6.45) is -5.51. The lowest BCUT2D eigenvalue weighted by Crippen LogP contribution is -2.82. The fourth-order valence-corrected chi connectivity index (χ4v) is 2.76. The number of carbonyl (C=O) groups is 6. The highest BCUT2D eigenvalue weighted by molar-refractivity contribution is 6.45. The van der Waals surface area contributed by atoms with Crippen LogP contribution < -0.4 is 0 Å². The summed E-state index contributed by atoms with van der Waals surface area (Å²) >= 11 is 0. The molecule has 11 heteroatoms. The molecule has 5 N–H and O–H groups in total. The van der Waals surface area contributed by atoms with Gasteiger partial charge in [-0.2, -0.15) is 0 Å². The molecular weight excluding hydrogens is 368 g/mol. The van der Waals surface area contributed by atoms with E-state index in [1.54, 1.807) is 0 Å². The van der Waals surface area contributed by atoms with Crippen LogP contribution in [0.15, 0.2) is 0 Å². The predicted octanol–water partition coefficient (Wildman–Crippen LogP) is -3.58. The third-order valence-corrected chi connectivity index (χ3v) is 4.42. The maximum Gasteiger partial charge on any atom is 0.240 e. The number of carbonyl (C=O) groups excluding carboxylic acids is 6. The van der Waals surface area contributed by atoms with E-state index in [0.29, 0.717) is 27.7 Å². The van der Waals surface area contributed by atoms with Gasteiger partial charge in [-0.3, -0.25) is 28.8 Å². The molecule has 0 aliphatic heterocycles. The summed E-state index contributed by atoms with van der Waals surface area (Å²) in [6.45, 7) is 2.71. The summed E-state index contributed by atoms with van der Waals surface area (Å²) in [5.41, 5.74) is -12.0. The van der Waals surface area contributed by atoms with Crippen LogP contribution in [0, 0.1) is 0 Å².